The summed E-state index contributed by atoms with van der Waals surface area (Å²) in [6.07, 6.45) is 0. The van der Waals surface area contributed by atoms with Crippen LogP contribution < -0.4 is 14.8 Å². The quantitative estimate of drug-likeness (QED) is 0.381. The molecule has 170 valence electrons. The maximum absolute atomic E-state index is 14.2. The van der Waals surface area contributed by atoms with Gasteiger partial charge in [-0.25, -0.2) is 0 Å². The topological polar surface area (TPSA) is 105 Å². The fourth-order valence-corrected chi connectivity index (χ4v) is 6.15. The summed E-state index contributed by atoms with van der Waals surface area (Å²) >= 11 is 3.57. The lowest BCUT2D eigenvalue weighted by atomic mass is 10.1. The lowest BCUT2D eigenvalue weighted by molar-refractivity contribution is 0.0595. The second kappa shape index (κ2) is 8.39. The molecule has 0 saturated carbocycles. The van der Waals surface area contributed by atoms with E-state index in [4.69, 9.17) is 19.3 Å². The average molecular weight is 548 g/mol. The zero-order chi connectivity index (χ0) is 23.3. The third kappa shape index (κ3) is 4.15. The highest BCUT2D eigenvalue weighted by Gasteiger charge is 2.53. The van der Waals surface area contributed by atoms with Crippen molar-refractivity contribution in [3.05, 3.63) is 56.9 Å². The Hall–Kier alpha value is -2.04. The van der Waals surface area contributed by atoms with Crippen molar-refractivity contribution in [1.82, 2.24) is 5.32 Å². The van der Waals surface area contributed by atoms with Gasteiger partial charge in [-0.05, 0) is 58.7 Å². The number of benzene rings is 2. The standard InChI is InChI=1S/C20H17BrF2NO6PS/c1-10(11-2-4-14-15(9-11)30-7-6-29-14)24-19(25)12-3-5-16-13(8-12)17(21)18(32-16)20(22,23)31(26,27)28/h2-5,8-10H,6-7H2,1H3,(H,24,25)(H2,26,27,28). The Morgan fingerprint density at radius 2 is 1.88 bits per heavy atom. The van der Waals surface area contributed by atoms with Crippen LogP contribution in [0, 0.1) is 0 Å². The Morgan fingerprint density at radius 1 is 1.19 bits per heavy atom. The summed E-state index contributed by atoms with van der Waals surface area (Å²) < 4.78 is 50.9. The monoisotopic (exact) mass is 547 g/mol. The lowest BCUT2D eigenvalue weighted by Gasteiger charge is -2.21. The number of rotatable bonds is 5. The fourth-order valence-electron chi connectivity index (χ4n) is 3.23. The molecular weight excluding hydrogens is 531 g/mol. The molecule has 0 fully saturated rings. The highest BCUT2D eigenvalue weighted by molar-refractivity contribution is 9.10. The van der Waals surface area contributed by atoms with Gasteiger partial charge in [-0.2, -0.15) is 8.78 Å². The van der Waals surface area contributed by atoms with Crippen LogP contribution in [-0.4, -0.2) is 28.9 Å². The maximum atomic E-state index is 14.2. The number of carbonyl (C=O) groups excluding carboxylic acids is 1. The molecule has 0 saturated heterocycles. The van der Waals surface area contributed by atoms with Gasteiger partial charge in [0.1, 0.15) is 18.1 Å². The Bertz CT molecular complexity index is 1260. The van der Waals surface area contributed by atoms with Crippen molar-refractivity contribution in [3.63, 3.8) is 0 Å². The van der Waals surface area contributed by atoms with Crippen LogP contribution in [0.5, 0.6) is 11.5 Å². The minimum atomic E-state index is -5.72. The van der Waals surface area contributed by atoms with E-state index in [2.05, 4.69) is 21.2 Å². The predicted octanol–water partition coefficient (Wildman–Crippen LogP) is 5.15. The molecule has 3 N–H and O–H groups in total. The first-order valence-electron chi connectivity index (χ1n) is 9.35. The van der Waals surface area contributed by atoms with E-state index in [-0.39, 0.29) is 21.5 Å². The van der Waals surface area contributed by atoms with Gasteiger partial charge in [-0.15, -0.1) is 11.3 Å². The van der Waals surface area contributed by atoms with Crippen LogP contribution >= 0.6 is 34.9 Å². The Kier molecular flexibility index (Phi) is 6.06. The average Bonchev–Trinajstić information content (AvgIpc) is 3.09. The summed E-state index contributed by atoms with van der Waals surface area (Å²) in [7, 11) is -5.72. The van der Waals surface area contributed by atoms with Gasteiger partial charge in [0.05, 0.1) is 6.04 Å². The second-order valence-electron chi connectivity index (χ2n) is 7.14. The number of thiophene rings is 1. The van der Waals surface area contributed by atoms with E-state index in [9.17, 15) is 18.1 Å². The molecule has 1 aromatic heterocycles. The molecule has 0 spiro atoms. The highest BCUT2D eigenvalue weighted by atomic mass is 79.9. The van der Waals surface area contributed by atoms with Crippen LogP contribution in [0.1, 0.15) is 33.8 Å². The van der Waals surface area contributed by atoms with Crippen LogP contribution in [0.3, 0.4) is 0 Å². The molecule has 1 aliphatic rings. The summed E-state index contributed by atoms with van der Waals surface area (Å²) in [6.45, 7) is 2.71. The van der Waals surface area contributed by atoms with Crippen LogP contribution in [0.2, 0.25) is 0 Å². The summed E-state index contributed by atoms with van der Waals surface area (Å²) in [5, 5.41) is 3.11. The number of halogens is 3. The number of fused-ring (bicyclic) bond motifs is 2. The summed E-state index contributed by atoms with van der Waals surface area (Å²) in [6, 6.07) is 9.33. The van der Waals surface area contributed by atoms with E-state index >= 15 is 0 Å². The van der Waals surface area contributed by atoms with E-state index in [0.29, 0.717) is 40.7 Å². The lowest BCUT2D eigenvalue weighted by Crippen LogP contribution is -2.26. The highest BCUT2D eigenvalue weighted by Crippen LogP contribution is 2.62. The first kappa shape index (κ1) is 23.1. The van der Waals surface area contributed by atoms with Crippen LogP contribution in [0.4, 0.5) is 8.78 Å². The van der Waals surface area contributed by atoms with E-state index in [1.165, 1.54) is 18.2 Å². The van der Waals surface area contributed by atoms with E-state index < -0.39 is 24.0 Å². The fraction of sp³-hybridized carbons (Fsp3) is 0.250. The first-order chi connectivity index (χ1) is 15.0. The molecule has 0 bridgehead atoms. The number of carbonyl (C=O) groups is 1. The van der Waals surface area contributed by atoms with Gasteiger partial charge in [0.15, 0.2) is 11.5 Å². The molecule has 1 aliphatic heterocycles. The molecule has 0 aliphatic carbocycles. The second-order valence-corrected chi connectivity index (χ2v) is 10.6. The first-order valence-corrected chi connectivity index (χ1v) is 12.6. The molecule has 12 heteroatoms. The molecule has 32 heavy (non-hydrogen) atoms. The normalized spacial score (nSPS) is 14.9. The van der Waals surface area contributed by atoms with Crippen LogP contribution in [-0.2, 0) is 10.2 Å². The molecule has 7 nitrogen and oxygen atoms in total. The third-order valence-electron chi connectivity index (χ3n) is 4.94. The van der Waals surface area contributed by atoms with E-state index in [0.717, 1.165) is 5.56 Å². The Morgan fingerprint density at radius 3 is 2.56 bits per heavy atom. The predicted molar refractivity (Wildman–Crippen MR) is 119 cm³/mol. The van der Waals surface area contributed by atoms with Gasteiger partial charge in [0.2, 0.25) is 0 Å². The third-order valence-corrected chi connectivity index (χ3v) is 8.38. The molecule has 2 aromatic carbocycles. The van der Waals surface area contributed by atoms with Gasteiger partial charge in [-0.3, -0.25) is 9.36 Å². The summed E-state index contributed by atoms with van der Waals surface area (Å²) in [5.41, 5.74) is -3.33. The number of amides is 1. The van der Waals surface area contributed by atoms with E-state index in [1.807, 2.05) is 6.07 Å². The Labute approximate surface area is 193 Å². The minimum Gasteiger partial charge on any atom is -0.486 e. The number of hydrogen-bond acceptors (Lipinski definition) is 5. The van der Waals surface area contributed by atoms with Gasteiger partial charge >= 0.3 is 13.3 Å². The number of nitrogens with one attached hydrogen (secondary N) is 1. The van der Waals surface area contributed by atoms with Gasteiger partial charge in [0, 0.05) is 20.1 Å². The smallest absolute Gasteiger partial charge is 0.400 e. The van der Waals surface area contributed by atoms with Crippen molar-refractivity contribution in [2.24, 2.45) is 0 Å². The van der Waals surface area contributed by atoms with Gasteiger partial charge in [0.25, 0.3) is 5.91 Å². The zero-order valence-corrected chi connectivity index (χ0v) is 19.8. The molecular formula is C20H17BrF2NO6PS. The van der Waals surface area contributed by atoms with Crippen molar-refractivity contribution >= 4 is 50.9 Å². The largest absolute Gasteiger partial charge is 0.486 e. The molecule has 4 rings (SSSR count). The molecule has 3 aromatic rings. The van der Waals surface area contributed by atoms with Gasteiger partial charge in [-0.1, -0.05) is 6.07 Å². The SMILES string of the molecule is CC(NC(=O)c1ccc2sc(C(F)(F)P(=O)(O)O)c(Br)c2c1)c1ccc2c(c1)OCCO2. The summed E-state index contributed by atoms with van der Waals surface area (Å²) in [5.74, 6) is 0.793. The van der Waals surface area contributed by atoms with Gasteiger partial charge < -0.3 is 24.6 Å². The summed E-state index contributed by atoms with van der Waals surface area (Å²) in [4.78, 5) is 30.1. The number of alkyl halides is 2. The zero-order valence-electron chi connectivity index (χ0n) is 16.5. The number of ether oxygens (including phenoxy) is 2. The molecule has 1 amide bonds. The van der Waals surface area contributed by atoms with Crippen molar-refractivity contribution < 1.29 is 37.4 Å². The van der Waals surface area contributed by atoms with Crippen molar-refractivity contribution in [2.75, 3.05) is 13.2 Å². The van der Waals surface area contributed by atoms with Crippen molar-refractivity contribution in [2.45, 2.75) is 18.6 Å². The van der Waals surface area contributed by atoms with Crippen LogP contribution in [0.25, 0.3) is 10.1 Å². The minimum absolute atomic E-state index is 0.152. The molecule has 1 unspecified atom stereocenters. The molecule has 1 atom stereocenters. The van der Waals surface area contributed by atoms with E-state index in [1.54, 1.807) is 19.1 Å². The van der Waals surface area contributed by atoms with Crippen molar-refractivity contribution in [1.29, 1.82) is 0 Å². The molecule has 2 heterocycles. The van der Waals surface area contributed by atoms with Crippen molar-refractivity contribution in [3.8, 4) is 11.5 Å². The Balaban J connectivity index is 1.59. The number of hydrogen-bond donors (Lipinski definition) is 3. The van der Waals surface area contributed by atoms with Crippen LogP contribution in [0.15, 0.2) is 40.9 Å². The molecule has 0 radical (unpaired) electrons. The maximum Gasteiger partial charge on any atom is 0.400 e.